The van der Waals surface area contributed by atoms with Gasteiger partial charge < -0.3 is 29.8 Å². The van der Waals surface area contributed by atoms with Crippen molar-refractivity contribution in [2.75, 3.05) is 6.61 Å². The highest BCUT2D eigenvalue weighted by Gasteiger charge is 2.36. The lowest BCUT2D eigenvalue weighted by atomic mass is 9.79. The van der Waals surface area contributed by atoms with Gasteiger partial charge in [-0.3, -0.25) is 14.4 Å². The van der Waals surface area contributed by atoms with Crippen molar-refractivity contribution in [3.8, 4) is 11.5 Å². The van der Waals surface area contributed by atoms with Crippen molar-refractivity contribution < 1.29 is 43.2 Å². The summed E-state index contributed by atoms with van der Waals surface area (Å²) in [5.74, 6) is -4.40. The fourth-order valence-corrected chi connectivity index (χ4v) is 4.11. The van der Waals surface area contributed by atoms with Crippen LogP contribution in [0.4, 0.5) is 4.79 Å². The van der Waals surface area contributed by atoms with Crippen molar-refractivity contribution in [2.24, 2.45) is 23.5 Å². The van der Waals surface area contributed by atoms with E-state index in [-0.39, 0.29) is 24.0 Å². The second-order valence-corrected chi connectivity index (χ2v) is 9.68. The Morgan fingerprint density at radius 1 is 0.868 bits per heavy atom. The normalized spacial score (nSPS) is 15.8. The van der Waals surface area contributed by atoms with Gasteiger partial charge in [0.15, 0.2) is 11.5 Å². The zero-order valence-corrected chi connectivity index (χ0v) is 23.5. The highest BCUT2D eigenvalue weighted by molar-refractivity contribution is 5.79. The van der Waals surface area contributed by atoms with Crippen LogP contribution in [0, 0.1) is 17.8 Å². The van der Waals surface area contributed by atoms with E-state index in [4.69, 9.17) is 24.7 Å². The minimum Gasteiger partial charge on any atom is -0.480 e. The molecule has 1 aromatic carbocycles. The number of hydrogen-bond donors (Lipinski definition) is 2. The maximum Gasteiger partial charge on any atom is 0.508 e. The number of esters is 2. The summed E-state index contributed by atoms with van der Waals surface area (Å²) in [6, 6.07) is 3.12. The van der Waals surface area contributed by atoms with E-state index in [1.807, 2.05) is 13.8 Å². The SMILES string of the molecule is CCCC(C)C(=O)Oc1ccc(C(C(C)C(C)OC(=O)OCC)[C@H](N)C(=O)O)cc1OC(=O)C(C)CCC. The van der Waals surface area contributed by atoms with Crippen LogP contribution in [0.25, 0.3) is 0 Å². The number of aliphatic carboxylic acids is 1. The number of ether oxygens (including phenoxy) is 4. The lowest BCUT2D eigenvalue weighted by Crippen LogP contribution is -2.42. The van der Waals surface area contributed by atoms with Gasteiger partial charge in [-0.25, -0.2) is 4.79 Å². The predicted molar refractivity (Wildman–Crippen MR) is 141 cm³/mol. The van der Waals surface area contributed by atoms with Gasteiger partial charge in [0.2, 0.25) is 0 Å². The zero-order chi connectivity index (χ0) is 29.0. The molecule has 0 radical (unpaired) electrons. The van der Waals surface area contributed by atoms with Crippen molar-refractivity contribution in [1.82, 2.24) is 0 Å². The van der Waals surface area contributed by atoms with E-state index in [2.05, 4.69) is 0 Å². The van der Waals surface area contributed by atoms with Crippen molar-refractivity contribution in [3.63, 3.8) is 0 Å². The van der Waals surface area contributed by atoms with Crippen LogP contribution in [-0.2, 0) is 23.9 Å². The average molecular weight is 538 g/mol. The van der Waals surface area contributed by atoms with Gasteiger partial charge >= 0.3 is 24.1 Å². The first-order valence-electron chi connectivity index (χ1n) is 13.3. The summed E-state index contributed by atoms with van der Waals surface area (Å²) in [7, 11) is 0. The van der Waals surface area contributed by atoms with Gasteiger partial charge in [0.05, 0.1) is 18.4 Å². The second kappa shape index (κ2) is 16.0. The molecule has 0 saturated heterocycles. The third kappa shape index (κ3) is 9.63. The molecule has 0 bridgehead atoms. The molecule has 0 saturated carbocycles. The highest BCUT2D eigenvalue weighted by Crippen LogP contribution is 2.38. The van der Waals surface area contributed by atoms with Crippen molar-refractivity contribution >= 4 is 24.1 Å². The van der Waals surface area contributed by atoms with E-state index in [0.717, 1.165) is 12.8 Å². The molecule has 0 amide bonds. The molecule has 0 aliphatic carbocycles. The Kier molecular flexibility index (Phi) is 13.8. The molecule has 6 atom stereocenters. The third-order valence-electron chi connectivity index (χ3n) is 6.55. The number of rotatable bonds is 15. The molecule has 0 spiro atoms. The minimum absolute atomic E-state index is 0.0127. The van der Waals surface area contributed by atoms with E-state index in [1.165, 1.54) is 12.1 Å². The number of hydrogen-bond acceptors (Lipinski definition) is 9. The second-order valence-electron chi connectivity index (χ2n) is 9.68. The van der Waals surface area contributed by atoms with Crippen molar-refractivity contribution in [2.45, 2.75) is 92.2 Å². The lowest BCUT2D eigenvalue weighted by molar-refractivity contribution is -0.141. The number of carboxylic acid groups (broad SMARTS) is 1. The maximum atomic E-state index is 12.8. The predicted octanol–water partition coefficient (Wildman–Crippen LogP) is 5.06. The van der Waals surface area contributed by atoms with Gasteiger partial charge in [0.1, 0.15) is 12.1 Å². The first-order chi connectivity index (χ1) is 17.9. The van der Waals surface area contributed by atoms with Crippen LogP contribution < -0.4 is 15.2 Å². The van der Waals surface area contributed by atoms with Gasteiger partial charge in [-0.2, -0.15) is 0 Å². The smallest absolute Gasteiger partial charge is 0.480 e. The van der Waals surface area contributed by atoms with Crippen molar-refractivity contribution in [1.29, 1.82) is 0 Å². The Bertz CT molecular complexity index is 948. The van der Waals surface area contributed by atoms with Crippen LogP contribution >= 0.6 is 0 Å². The number of nitrogens with two attached hydrogens (primary N) is 1. The van der Waals surface area contributed by atoms with Gasteiger partial charge in [0, 0.05) is 11.8 Å². The number of benzene rings is 1. The minimum atomic E-state index is -1.38. The Morgan fingerprint density at radius 2 is 1.39 bits per heavy atom. The standard InChI is InChI=1S/C28H43NO9/c1-8-11-16(4)26(32)37-21-14-13-20(15-22(21)38-27(33)17(5)12-9-2)23(24(29)25(30)31)18(6)19(7)36-28(34)35-10-3/h13-19,23-24H,8-12,29H2,1-7H3,(H,30,31)/t16?,17?,18?,19?,23?,24-/m0/s1. The van der Waals surface area contributed by atoms with Gasteiger partial charge in [-0.05, 0) is 44.4 Å². The molecule has 10 heteroatoms. The molecule has 0 fully saturated rings. The Balaban J connectivity index is 3.50. The molecule has 38 heavy (non-hydrogen) atoms. The summed E-state index contributed by atoms with van der Waals surface area (Å²) < 4.78 is 21.4. The molecule has 0 aromatic heterocycles. The lowest BCUT2D eigenvalue weighted by Gasteiger charge is -2.31. The van der Waals surface area contributed by atoms with Crippen LogP contribution in [0.3, 0.4) is 0 Å². The van der Waals surface area contributed by atoms with Gasteiger partial charge in [-0.15, -0.1) is 0 Å². The van der Waals surface area contributed by atoms with Gasteiger partial charge in [0.25, 0.3) is 0 Å². The monoisotopic (exact) mass is 537 g/mol. The van der Waals surface area contributed by atoms with Crippen molar-refractivity contribution in [3.05, 3.63) is 23.8 Å². The molecular formula is C28H43NO9. The summed E-state index contributed by atoms with van der Waals surface area (Å²) in [6.07, 6.45) is 1.17. The van der Waals surface area contributed by atoms with E-state index in [0.29, 0.717) is 18.4 Å². The van der Waals surface area contributed by atoms with Crippen LogP contribution in [0.1, 0.15) is 85.6 Å². The molecule has 5 unspecified atom stereocenters. The summed E-state index contributed by atoms with van der Waals surface area (Å²) >= 11 is 0. The zero-order valence-electron chi connectivity index (χ0n) is 23.5. The summed E-state index contributed by atoms with van der Waals surface area (Å²) in [5.41, 5.74) is 6.50. The Hall–Kier alpha value is -3.14. The Labute approximate surface area is 225 Å². The van der Waals surface area contributed by atoms with Crippen LogP contribution in [0.2, 0.25) is 0 Å². The molecule has 0 aliphatic rings. The van der Waals surface area contributed by atoms with E-state index in [9.17, 15) is 24.3 Å². The summed E-state index contributed by atoms with van der Waals surface area (Å²) in [5, 5.41) is 9.73. The number of carbonyl (C=O) groups excluding carboxylic acids is 3. The summed E-state index contributed by atoms with van der Waals surface area (Å²) in [4.78, 5) is 49.2. The Morgan fingerprint density at radius 3 is 1.87 bits per heavy atom. The molecule has 10 nitrogen and oxygen atoms in total. The molecule has 3 N–H and O–H groups in total. The molecular weight excluding hydrogens is 494 g/mol. The molecule has 214 valence electrons. The summed E-state index contributed by atoms with van der Waals surface area (Å²) in [6.45, 7) is 12.5. The topological polar surface area (TPSA) is 151 Å². The quantitative estimate of drug-likeness (QED) is 0.229. The van der Waals surface area contributed by atoms with Crippen LogP contribution in [0.15, 0.2) is 18.2 Å². The molecule has 1 rings (SSSR count). The first kappa shape index (κ1) is 32.9. The fourth-order valence-electron chi connectivity index (χ4n) is 4.11. The maximum absolute atomic E-state index is 12.8. The van der Waals surface area contributed by atoms with Crippen LogP contribution in [0.5, 0.6) is 11.5 Å². The van der Waals surface area contributed by atoms with Crippen LogP contribution in [-0.4, -0.2) is 47.9 Å². The average Bonchev–Trinajstić information content (AvgIpc) is 2.85. The van der Waals surface area contributed by atoms with E-state index >= 15 is 0 Å². The fraction of sp³-hybridized carbons (Fsp3) is 0.643. The third-order valence-corrected chi connectivity index (χ3v) is 6.55. The molecule has 1 aromatic rings. The number of carboxylic acids is 1. The molecule has 0 heterocycles. The van der Waals surface area contributed by atoms with Gasteiger partial charge in [-0.1, -0.05) is 53.5 Å². The van der Waals surface area contributed by atoms with E-state index in [1.54, 1.807) is 40.7 Å². The molecule has 0 aliphatic heterocycles. The largest absolute Gasteiger partial charge is 0.508 e. The first-order valence-corrected chi connectivity index (χ1v) is 13.3. The van der Waals surface area contributed by atoms with E-state index < -0.39 is 54.0 Å². The number of carbonyl (C=O) groups is 4. The highest BCUT2D eigenvalue weighted by atomic mass is 16.7.